The van der Waals surface area contributed by atoms with Crippen LogP contribution in [-0.2, 0) is 12.1 Å². The molecule has 1 N–H and O–H groups in total. The summed E-state index contributed by atoms with van der Waals surface area (Å²) >= 11 is 1.73. The number of nitro benzene ring substituents is 1. The third-order valence-corrected chi connectivity index (χ3v) is 6.41. The lowest BCUT2D eigenvalue weighted by atomic mass is 10.0. The molecule has 0 aliphatic carbocycles. The van der Waals surface area contributed by atoms with Crippen LogP contribution in [0.25, 0.3) is 0 Å². The molecule has 0 radical (unpaired) electrons. The Balaban J connectivity index is 1.77. The van der Waals surface area contributed by atoms with E-state index in [-0.39, 0.29) is 5.69 Å². The summed E-state index contributed by atoms with van der Waals surface area (Å²) in [6.45, 7) is 3.20. The quantitative estimate of drug-likeness (QED) is 0.497. The van der Waals surface area contributed by atoms with Gasteiger partial charge in [-0.2, -0.15) is 0 Å². The van der Waals surface area contributed by atoms with E-state index in [0.29, 0.717) is 12.1 Å². The van der Waals surface area contributed by atoms with Gasteiger partial charge in [-0.15, -0.1) is 0 Å². The average molecular weight is 384 g/mol. The molecule has 2 aliphatic heterocycles. The summed E-state index contributed by atoms with van der Waals surface area (Å²) in [4.78, 5) is 12.9. The molecule has 0 amide bonds. The number of aryl methyl sites for hydroxylation is 1. The highest BCUT2D eigenvalue weighted by atomic mass is 32.2. The van der Waals surface area contributed by atoms with Crippen LogP contribution in [-0.4, -0.2) is 38.6 Å². The molecule has 0 saturated heterocycles. The number of non-ortho nitro benzene ring substituents is 1. The summed E-state index contributed by atoms with van der Waals surface area (Å²) in [6.07, 6.45) is 1.95. The fourth-order valence-corrected chi connectivity index (χ4v) is 4.91. The molecule has 0 fully saturated rings. The first-order chi connectivity index (χ1) is 13.0. The van der Waals surface area contributed by atoms with Gasteiger partial charge in [0.25, 0.3) is 11.4 Å². The first kappa shape index (κ1) is 18.0. The normalized spacial score (nSPS) is 22.1. The molecule has 0 spiro atoms. The van der Waals surface area contributed by atoms with Crippen molar-refractivity contribution in [3.05, 3.63) is 69.8 Å². The van der Waals surface area contributed by atoms with Crippen molar-refractivity contribution in [2.75, 3.05) is 23.7 Å². The SMILES string of the molecule is CCc1ccc(N2C[C@](O)(c3cccc([N+](=O)[O-])c3)[N+]3=C2SCCC3)cc1. The van der Waals surface area contributed by atoms with Crippen LogP contribution in [0, 0.1) is 10.1 Å². The first-order valence-corrected chi connectivity index (χ1v) is 10.1. The van der Waals surface area contributed by atoms with Gasteiger partial charge in [-0.05, 0) is 42.3 Å². The topological polar surface area (TPSA) is 69.6 Å². The number of rotatable bonds is 4. The number of anilines is 1. The predicted molar refractivity (Wildman–Crippen MR) is 107 cm³/mol. The number of hydrogen-bond acceptors (Lipinski definition) is 5. The lowest BCUT2D eigenvalue weighted by Crippen LogP contribution is -2.41. The molecule has 2 aromatic carbocycles. The number of benzene rings is 2. The maximum Gasteiger partial charge on any atom is 0.316 e. The summed E-state index contributed by atoms with van der Waals surface area (Å²) in [5, 5.41) is 23.8. The van der Waals surface area contributed by atoms with Gasteiger partial charge >= 0.3 is 5.17 Å². The highest BCUT2D eigenvalue weighted by Crippen LogP contribution is 2.38. The van der Waals surface area contributed by atoms with E-state index >= 15 is 0 Å². The van der Waals surface area contributed by atoms with Gasteiger partial charge in [0.05, 0.1) is 11.5 Å². The van der Waals surface area contributed by atoms with Crippen molar-refractivity contribution in [3.63, 3.8) is 0 Å². The molecule has 0 saturated carbocycles. The number of hydrogen-bond donors (Lipinski definition) is 1. The van der Waals surface area contributed by atoms with Crippen molar-refractivity contribution in [1.29, 1.82) is 0 Å². The Morgan fingerprint density at radius 1 is 1.30 bits per heavy atom. The number of nitrogens with zero attached hydrogens (tertiary/aromatic N) is 3. The standard InChI is InChI=1S/C20H22N3O3S/c1-2-15-7-9-17(10-8-15)21-14-20(24,22-11-4-12-27-19(21)22)16-5-3-6-18(13-16)23(25)26/h3,5-10,13,24H,2,4,11-12,14H2,1H3/q+1/t20-/m0/s1. The van der Waals surface area contributed by atoms with E-state index in [9.17, 15) is 15.2 Å². The van der Waals surface area contributed by atoms with Crippen LogP contribution >= 0.6 is 11.8 Å². The highest BCUT2D eigenvalue weighted by Gasteiger charge is 2.53. The van der Waals surface area contributed by atoms with E-state index in [0.717, 1.165) is 36.0 Å². The molecule has 4 rings (SSSR count). The van der Waals surface area contributed by atoms with Gasteiger partial charge in [-0.1, -0.05) is 31.2 Å². The van der Waals surface area contributed by atoms with Crippen LogP contribution in [0.1, 0.15) is 24.5 Å². The minimum atomic E-state index is -1.28. The minimum absolute atomic E-state index is 0.00196. The Hall–Kier alpha value is -2.38. The van der Waals surface area contributed by atoms with Crippen molar-refractivity contribution < 1.29 is 14.6 Å². The van der Waals surface area contributed by atoms with Crippen molar-refractivity contribution in [2.24, 2.45) is 0 Å². The Bertz CT molecular complexity index is 913. The maximum absolute atomic E-state index is 11.6. The summed E-state index contributed by atoms with van der Waals surface area (Å²) < 4.78 is 1.99. The molecule has 0 unspecified atom stereocenters. The molecule has 6 nitrogen and oxygen atoms in total. The zero-order valence-corrected chi connectivity index (χ0v) is 16.0. The molecule has 1 atom stereocenters. The second-order valence-electron chi connectivity index (χ2n) is 6.87. The maximum atomic E-state index is 11.6. The van der Waals surface area contributed by atoms with Crippen molar-refractivity contribution in [2.45, 2.75) is 25.5 Å². The molecular weight excluding hydrogens is 362 g/mol. The number of amidine groups is 1. The Labute approximate surface area is 162 Å². The van der Waals surface area contributed by atoms with E-state index in [4.69, 9.17) is 0 Å². The van der Waals surface area contributed by atoms with Crippen LogP contribution in [0.3, 0.4) is 0 Å². The Morgan fingerprint density at radius 3 is 2.78 bits per heavy atom. The average Bonchev–Trinajstić information content (AvgIpc) is 3.02. The second kappa shape index (κ2) is 6.98. The minimum Gasteiger partial charge on any atom is -0.346 e. The smallest absolute Gasteiger partial charge is 0.316 e. The number of nitro groups is 1. The summed E-state index contributed by atoms with van der Waals surface area (Å²) in [6, 6.07) is 14.7. The van der Waals surface area contributed by atoms with Gasteiger partial charge in [0.15, 0.2) is 6.54 Å². The summed E-state index contributed by atoms with van der Waals surface area (Å²) in [5.74, 6) is 1.00. The molecule has 140 valence electrons. The molecule has 2 aliphatic rings. The van der Waals surface area contributed by atoms with Gasteiger partial charge in [0.2, 0.25) is 0 Å². The van der Waals surface area contributed by atoms with E-state index in [1.54, 1.807) is 23.9 Å². The molecule has 7 heteroatoms. The van der Waals surface area contributed by atoms with E-state index in [1.807, 2.05) is 4.58 Å². The first-order valence-electron chi connectivity index (χ1n) is 9.14. The summed E-state index contributed by atoms with van der Waals surface area (Å²) in [5.41, 5.74) is 1.58. The number of β-amino-alcohol motifs (C(OH)–C–C–N with tert-alkyl or cyclic N) is 1. The van der Waals surface area contributed by atoms with Crippen LogP contribution in [0.4, 0.5) is 11.4 Å². The van der Waals surface area contributed by atoms with Crippen LogP contribution in [0.15, 0.2) is 48.5 Å². The monoisotopic (exact) mass is 384 g/mol. The van der Waals surface area contributed by atoms with Gasteiger partial charge < -0.3 is 5.11 Å². The fraction of sp³-hybridized carbons (Fsp3) is 0.350. The van der Waals surface area contributed by atoms with Crippen LogP contribution < -0.4 is 4.90 Å². The Kier molecular flexibility index (Phi) is 4.65. The van der Waals surface area contributed by atoms with Gasteiger partial charge in [0, 0.05) is 23.4 Å². The fourth-order valence-electron chi connectivity index (χ4n) is 3.73. The molecular formula is C20H22N3O3S+. The van der Waals surface area contributed by atoms with E-state index < -0.39 is 10.6 Å². The lowest BCUT2D eigenvalue weighted by Gasteiger charge is -2.24. The van der Waals surface area contributed by atoms with Crippen molar-refractivity contribution in [1.82, 2.24) is 0 Å². The second-order valence-corrected chi connectivity index (χ2v) is 7.93. The molecule has 0 bridgehead atoms. The number of thioether (sulfide) groups is 1. The predicted octanol–water partition coefficient (Wildman–Crippen LogP) is 3.33. The highest BCUT2D eigenvalue weighted by molar-refractivity contribution is 8.13. The van der Waals surface area contributed by atoms with Crippen molar-refractivity contribution in [3.8, 4) is 0 Å². The van der Waals surface area contributed by atoms with Crippen LogP contribution in [0.5, 0.6) is 0 Å². The van der Waals surface area contributed by atoms with E-state index in [1.165, 1.54) is 17.7 Å². The van der Waals surface area contributed by atoms with Gasteiger partial charge in [-0.25, -0.2) is 9.48 Å². The third-order valence-electron chi connectivity index (χ3n) is 5.22. The zero-order valence-electron chi connectivity index (χ0n) is 15.2. The third kappa shape index (κ3) is 3.11. The summed E-state index contributed by atoms with van der Waals surface area (Å²) in [7, 11) is 0. The molecule has 0 aromatic heterocycles. The number of aliphatic hydroxyl groups is 1. The lowest BCUT2D eigenvalue weighted by molar-refractivity contribution is -0.656. The van der Waals surface area contributed by atoms with Crippen molar-refractivity contribution >= 4 is 28.3 Å². The molecule has 2 heterocycles. The van der Waals surface area contributed by atoms with E-state index in [2.05, 4.69) is 36.1 Å². The molecule has 27 heavy (non-hydrogen) atoms. The largest absolute Gasteiger partial charge is 0.346 e. The Morgan fingerprint density at radius 2 is 2.07 bits per heavy atom. The molecule has 2 aromatic rings. The van der Waals surface area contributed by atoms with Crippen LogP contribution in [0.2, 0.25) is 0 Å². The zero-order chi connectivity index (χ0) is 19.0. The van der Waals surface area contributed by atoms with Gasteiger partial charge in [-0.3, -0.25) is 10.1 Å². The van der Waals surface area contributed by atoms with Gasteiger partial charge in [0.1, 0.15) is 5.69 Å².